The lowest BCUT2D eigenvalue weighted by Gasteiger charge is -2.22. The number of rotatable bonds is 8. The minimum Gasteiger partial charge on any atom is -0.310 e. The van der Waals surface area contributed by atoms with Crippen LogP contribution in [0.4, 0.5) is 4.39 Å². The average molecular weight is 306 g/mol. The van der Waals surface area contributed by atoms with Crippen LogP contribution < -0.4 is 5.32 Å². The molecule has 1 aromatic heterocycles. The first-order valence-electron chi connectivity index (χ1n) is 7.38. The van der Waals surface area contributed by atoms with Crippen molar-refractivity contribution >= 4 is 11.3 Å². The highest BCUT2D eigenvalue weighted by atomic mass is 32.1. The molecule has 0 saturated heterocycles. The minimum atomic E-state index is -0.164. The lowest BCUT2D eigenvalue weighted by molar-refractivity contribution is 0.303. The van der Waals surface area contributed by atoms with Gasteiger partial charge in [0, 0.05) is 24.0 Å². The monoisotopic (exact) mass is 306 g/mol. The fourth-order valence-corrected chi connectivity index (χ4v) is 3.24. The Labute approximate surface area is 130 Å². The maximum atomic E-state index is 13.4. The lowest BCUT2D eigenvalue weighted by Crippen LogP contribution is -2.27. The molecule has 0 saturated carbocycles. The van der Waals surface area contributed by atoms with Gasteiger partial charge in [-0.1, -0.05) is 25.1 Å². The van der Waals surface area contributed by atoms with Crippen molar-refractivity contribution in [1.82, 2.24) is 10.2 Å². The van der Waals surface area contributed by atoms with Crippen molar-refractivity contribution in [2.75, 3.05) is 20.1 Å². The largest absolute Gasteiger partial charge is 0.310 e. The number of hydrogen-bond donors (Lipinski definition) is 1. The first-order chi connectivity index (χ1) is 10.2. The zero-order valence-corrected chi connectivity index (χ0v) is 13.5. The molecule has 1 atom stereocenters. The summed E-state index contributed by atoms with van der Waals surface area (Å²) in [4.78, 5) is 3.69. The summed E-state index contributed by atoms with van der Waals surface area (Å²) < 4.78 is 13.4. The third kappa shape index (κ3) is 5.23. The van der Waals surface area contributed by atoms with Gasteiger partial charge in [-0.05, 0) is 49.2 Å². The Morgan fingerprint density at radius 3 is 2.81 bits per heavy atom. The maximum Gasteiger partial charge on any atom is 0.123 e. The van der Waals surface area contributed by atoms with E-state index in [1.54, 1.807) is 23.5 Å². The first kappa shape index (κ1) is 16.1. The van der Waals surface area contributed by atoms with Crippen molar-refractivity contribution in [3.8, 4) is 0 Å². The first-order valence-corrected chi connectivity index (χ1v) is 8.26. The smallest absolute Gasteiger partial charge is 0.123 e. The molecule has 1 heterocycles. The molecule has 1 N–H and O–H groups in total. The molecule has 0 aliphatic rings. The van der Waals surface area contributed by atoms with Crippen molar-refractivity contribution in [1.29, 1.82) is 0 Å². The van der Waals surface area contributed by atoms with Crippen LogP contribution in [0.5, 0.6) is 0 Å². The molecular formula is C17H23FN2S. The van der Waals surface area contributed by atoms with Crippen LogP contribution in [0.25, 0.3) is 0 Å². The summed E-state index contributed by atoms with van der Waals surface area (Å²) in [6.45, 7) is 4.92. The topological polar surface area (TPSA) is 15.3 Å². The van der Waals surface area contributed by atoms with Gasteiger partial charge in [0.05, 0.1) is 0 Å². The second-order valence-electron chi connectivity index (χ2n) is 5.27. The SMILES string of the molecule is CCNC(CCN(C)Cc1cccs1)c1cccc(F)c1. The molecule has 0 aliphatic carbocycles. The molecule has 0 radical (unpaired) electrons. The van der Waals surface area contributed by atoms with E-state index in [2.05, 4.69) is 41.7 Å². The van der Waals surface area contributed by atoms with Crippen molar-refractivity contribution in [2.45, 2.75) is 25.9 Å². The van der Waals surface area contributed by atoms with E-state index < -0.39 is 0 Å². The van der Waals surface area contributed by atoms with E-state index in [4.69, 9.17) is 0 Å². The van der Waals surface area contributed by atoms with Gasteiger partial charge in [0.1, 0.15) is 5.82 Å². The van der Waals surface area contributed by atoms with Crippen LogP contribution in [0, 0.1) is 5.82 Å². The molecule has 1 aromatic carbocycles. The molecule has 114 valence electrons. The summed E-state index contributed by atoms with van der Waals surface area (Å²) in [5, 5.41) is 5.56. The molecular weight excluding hydrogens is 283 g/mol. The van der Waals surface area contributed by atoms with Crippen molar-refractivity contribution < 1.29 is 4.39 Å². The molecule has 2 rings (SSSR count). The van der Waals surface area contributed by atoms with Crippen LogP contribution in [0.1, 0.15) is 29.8 Å². The van der Waals surface area contributed by atoms with E-state index in [0.717, 1.165) is 31.6 Å². The molecule has 0 fully saturated rings. The van der Waals surface area contributed by atoms with Crippen molar-refractivity contribution in [2.24, 2.45) is 0 Å². The summed E-state index contributed by atoms with van der Waals surface area (Å²) in [6.07, 6.45) is 0.971. The zero-order chi connectivity index (χ0) is 15.1. The number of benzene rings is 1. The van der Waals surface area contributed by atoms with Crippen LogP contribution in [0.2, 0.25) is 0 Å². The van der Waals surface area contributed by atoms with Gasteiger partial charge in [-0.25, -0.2) is 4.39 Å². The Hall–Kier alpha value is -1.23. The summed E-state index contributed by atoms with van der Waals surface area (Å²) in [7, 11) is 2.13. The highest BCUT2D eigenvalue weighted by molar-refractivity contribution is 7.09. The summed E-state index contributed by atoms with van der Waals surface area (Å²) in [5.74, 6) is -0.164. The summed E-state index contributed by atoms with van der Waals surface area (Å²) in [6, 6.07) is 11.4. The van der Waals surface area contributed by atoms with Gasteiger partial charge in [0.25, 0.3) is 0 Å². The second-order valence-corrected chi connectivity index (χ2v) is 6.30. The van der Waals surface area contributed by atoms with Crippen LogP contribution in [-0.2, 0) is 6.54 Å². The summed E-state index contributed by atoms with van der Waals surface area (Å²) in [5.41, 5.74) is 1.03. The van der Waals surface area contributed by atoms with E-state index in [0.29, 0.717) is 0 Å². The van der Waals surface area contributed by atoms with Gasteiger partial charge in [-0.3, -0.25) is 0 Å². The number of nitrogens with zero attached hydrogens (tertiary/aromatic N) is 1. The second kappa shape index (κ2) is 8.27. The predicted octanol–water partition coefficient (Wildman–Crippen LogP) is 4.06. The fourth-order valence-electron chi connectivity index (χ4n) is 2.45. The molecule has 0 bridgehead atoms. The Balaban J connectivity index is 1.90. The zero-order valence-electron chi connectivity index (χ0n) is 12.7. The van der Waals surface area contributed by atoms with Gasteiger partial charge in [0.2, 0.25) is 0 Å². The molecule has 2 aromatic rings. The van der Waals surface area contributed by atoms with Gasteiger partial charge in [-0.2, -0.15) is 0 Å². The third-order valence-electron chi connectivity index (χ3n) is 3.51. The number of nitrogens with one attached hydrogen (secondary N) is 1. The van der Waals surface area contributed by atoms with Crippen LogP contribution in [-0.4, -0.2) is 25.0 Å². The molecule has 1 unspecified atom stereocenters. The highest BCUT2D eigenvalue weighted by Crippen LogP contribution is 2.19. The lowest BCUT2D eigenvalue weighted by atomic mass is 10.0. The quantitative estimate of drug-likeness (QED) is 0.791. The Kier molecular flexibility index (Phi) is 6.36. The molecule has 4 heteroatoms. The van der Waals surface area contributed by atoms with Gasteiger partial charge in [0.15, 0.2) is 0 Å². The van der Waals surface area contributed by atoms with Crippen LogP contribution >= 0.6 is 11.3 Å². The van der Waals surface area contributed by atoms with Gasteiger partial charge >= 0.3 is 0 Å². The van der Waals surface area contributed by atoms with E-state index in [9.17, 15) is 4.39 Å². The normalized spacial score (nSPS) is 12.8. The minimum absolute atomic E-state index is 0.164. The standard InChI is InChI=1S/C17H23FN2S/c1-3-19-17(14-6-4-7-15(18)12-14)9-10-20(2)13-16-8-5-11-21-16/h4-8,11-12,17,19H,3,9-10,13H2,1-2H3. The van der Waals surface area contributed by atoms with E-state index in [1.165, 1.54) is 10.9 Å². The van der Waals surface area contributed by atoms with Crippen molar-refractivity contribution in [3.63, 3.8) is 0 Å². The van der Waals surface area contributed by atoms with E-state index in [-0.39, 0.29) is 11.9 Å². The Morgan fingerprint density at radius 1 is 1.29 bits per heavy atom. The Bertz CT molecular complexity index is 527. The van der Waals surface area contributed by atoms with Gasteiger partial charge in [-0.15, -0.1) is 11.3 Å². The molecule has 2 nitrogen and oxygen atoms in total. The van der Waals surface area contributed by atoms with Gasteiger partial charge < -0.3 is 10.2 Å². The number of hydrogen-bond acceptors (Lipinski definition) is 3. The molecule has 0 aliphatic heterocycles. The third-order valence-corrected chi connectivity index (χ3v) is 4.37. The predicted molar refractivity (Wildman–Crippen MR) is 88.1 cm³/mol. The molecule has 0 spiro atoms. The Morgan fingerprint density at radius 2 is 2.14 bits per heavy atom. The highest BCUT2D eigenvalue weighted by Gasteiger charge is 2.12. The van der Waals surface area contributed by atoms with E-state index in [1.807, 2.05) is 6.07 Å². The van der Waals surface area contributed by atoms with Crippen LogP contribution in [0.3, 0.4) is 0 Å². The average Bonchev–Trinajstić information content (AvgIpc) is 2.96. The summed E-state index contributed by atoms with van der Waals surface area (Å²) >= 11 is 1.79. The molecule has 0 amide bonds. The number of halogens is 1. The molecule has 21 heavy (non-hydrogen) atoms. The van der Waals surface area contributed by atoms with E-state index >= 15 is 0 Å². The van der Waals surface area contributed by atoms with Crippen molar-refractivity contribution in [3.05, 3.63) is 58.0 Å². The fraction of sp³-hybridized carbons (Fsp3) is 0.412. The van der Waals surface area contributed by atoms with Crippen LogP contribution in [0.15, 0.2) is 41.8 Å². The number of thiophene rings is 1. The maximum absolute atomic E-state index is 13.4.